The molecule has 4 fully saturated rings. The Morgan fingerprint density at radius 3 is 2.07 bits per heavy atom. The van der Waals surface area contributed by atoms with Crippen LogP contribution in [0, 0.1) is 23.7 Å². The zero-order chi connectivity index (χ0) is 18.9. The fourth-order valence-corrected chi connectivity index (χ4v) is 5.65. The third-order valence-electron chi connectivity index (χ3n) is 7.18. The van der Waals surface area contributed by atoms with E-state index in [0.29, 0.717) is 13.1 Å². The lowest BCUT2D eigenvalue weighted by molar-refractivity contribution is -0.123. The highest BCUT2D eigenvalue weighted by atomic mass is 35.5. The highest BCUT2D eigenvalue weighted by molar-refractivity contribution is 5.85. The van der Waals surface area contributed by atoms with Gasteiger partial charge in [-0.15, -0.1) is 12.4 Å². The lowest BCUT2D eigenvalue weighted by Gasteiger charge is -2.56. The van der Waals surface area contributed by atoms with Gasteiger partial charge in [-0.2, -0.15) is 0 Å². The Bertz CT molecular complexity index is 519. The van der Waals surface area contributed by atoms with E-state index < -0.39 is 5.54 Å². The third kappa shape index (κ3) is 5.08. The van der Waals surface area contributed by atoms with Gasteiger partial charge in [0, 0.05) is 25.0 Å². The molecule has 0 aromatic rings. The first-order valence-corrected chi connectivity index (χ1v) is 10.3. The Balaban J connectivity index is 0.00000261. The number of urea groups is 1. The molecule has 0 radical (unpaired) electrons. The van der Waals surface area contributed by atoms with Gasteiger partial charge in [0.1, 0.15) is 0 Å². The van der Waals surface area contributed by atoms with Crippen LogP contribution in [0.15, 0.2) is 0 Å². The summed E-state index contributed by atoms with van der Waals surface area (Å²) in [6.45, 7) is 6.80. The average molecular weight is 401 g/mol. The van der Waals surface area contributed by atoms with E-state index in [1.54, 1.807) is 0 Å². The Morgan fingerprint density at radius 1 is 1.11 bits per heavy atom. The molecule has 0 spiro atoms. The molecule has 0 aromatic heterocycles. The molecule has 27 heavy (non-hydrogen) atoms. The van der Waals surface area contributed by atoms with Gasteiger partial charge in [0.05, 0.1) is 5.54 Å². The minimum absolute atomic E-state index is 0. The second-order valence-corrected chi connectivity index (χ2v) is 9.65. The number of nitrogens with one attached hydrogen (secondary N) is 3. The zero-order valence-electron chi connectivity index (χ0n) is 17.0. The van der Waals surface area contributed by atoms with Gasteiger partial charge >= 0.3 is 6.03 Å². The molecule has 4 rings (SSSR count). The van der Waals surface area contributed by atoms with Crippen molar-refractivity contribution in [3.63, 3.8) is 0 Å². The van der Waals surface area contributed by atoms with Gasteiger partial charge in [-0.1, -0.05) is 13.8 Å². The Morgan fingerprint density at radius 2 is 1.63 bits per heavy atom. The van der Waals surface area contributed by atoms with E-state index in [4.69, 9.17) is 5.73 Å². The smallest absolute Gasteiger partial charge is 0.315 e. The molecular formula is C20H37ClN4O2. The van der Waals surface area contributed by atoms with Crippen LogP contribution in [0.4, 0.5) is 4.79 Å². The van der Waals surface area contributed by atoms with E-state index in [1.807, 2.05) is 20.8 Å². The van der Waals surface area contributed by atoms with Crippen LogP contribution in [0.2, 0.25) is 0 Å². The quantitative estimate of drug-likeness (QED) is 0.528. The van der Waals surface area contributed by atoms with E-state index in [0.717, 1.165) is 37.0 Å². The van der Waals surface area contributed by atoms with Crippen molar-refractivity contribution in [3.8, 4) is 0 Å². The summed E-state index contributed by atoms with van der Waals surface area (Å²) in [6.07, 6.45) is 7.76. The molecule has 7 heteroatoms. The van der Waals surface area contributed by atoms with Crippen LogP contribution in [0.1, 0.15) is 65.7 Å². The van der Waals surface area contributed by atoms with Crippen LogP contribution >= 0.6 is 12.4 Å². The number of halogens is 1. The predicted molar refractivity (Wildman–Crippen MR) is 110 cm³/mol. The van der Waals surface area contributed by atoms with E-state index in [2.05, 4.69) is 16.0 Å². The molecule has 0 aromatic carbocycles. The van der Waals surface area contributed by atoms with Gasteiger partial charge < -0.3 is 21.7 Å². The van der Waals surface area contributed by atoms with Gasteiger partial charge in [-0.25, -0.2) is 4.79 Å². The predicted octanol–water partition coefficient (Wildman–Crippen LogP) is 2.56. The summed E-state index contributed by atoms with van der Waals surface area (Å²) in [4.78, 5) is 24.6. The molecule has 0 saturated heterocycles. The number of amides is 3. The van der Waals surface area contributed by atoms with Gasteiger partial charge in [0.2, 0.25) is 5.91 Å². The molecule has 4 aliphatic carbocycles. The zero-order valence-corrected chi connectivity index (χ0v) is 17.8. The lowest BCUT2D eigenvalue weighted by atomic mass is 9.53. The summed E-state index contributed by atoms with van der Waals surface area (Å²) in [5.74, 6) is 2.59. The largest absolute Gasteiger partial charge is 0.349 e. The number of hydrogen-bond donors (Lipinski definition) is 4. The molecule has 1 unspecified atom stereocenters. The Kier molecular flexibility index (Phi) is 7.06. The minimum Gasteiger partial charge on any atom is -0.349 e. The molecule has 3 amide bonds. The maximum atomic E-state index is 12.4. The van der Waals surface area contributed by atoms with Crippen molar-refractivity contribution >= 4 is 24.3 Å². The highest BCUT2D eigenvalue weighted by Crippen LogP contribution is 2.55. The summed E-state index contributed by atoms with van der Waals surface area (Å²) >= 11 is 0. The molecule has 5 N–H and O–H groups in total. The first kappa shape index (κ1) is 22.3. The van der Waals surface area contributed by atoms with Gasteiger partial charge in [-0.3, -0.25) is 4.79 Å². The fraction of sp³-hybridized carbons (Fsp3) is 0.900. The van der Waals surface area contributed by atoms with Crippen molar-refractivity contribution in [1.29, 1.82) is 0 Å². The summed E-state index contributed by atoms with van der Waals surface area (Å²) in [6, 6.07) is -0.120. The van der Waals surface area contributed by atoms with Gasteiger partial charge in [-0.05, 0) is 69.1 Å². The average Bonchev–Trinajstić information content (AvgIpc) is 2.52. The second kappa shape index (κ2) is 8.56. The van der Waals surface area contributed by atoms with Crippen molar-refractivity contribution in [3.05, 3.63) is 0 Å². The van der Waals surface area contributed by atoms with Crippen molar-refractivity contribution in [1.82, 2.24) is 16.0 Å². The lowest BCUT2D eigenvalue weighted by Crippen LogP contribution is -2.61. The second-order valence-electron chi connectivity index (χ2n) is 9.65. The van der Waals surface area contributed by atoms with Crippen molar-refractivity contribution in [2.75, 3.05) is 13.1 Å². The van der Waals surface area contributed by atoms with Crippen molar-refractivity contribution in [2.45, 2.75) is 76.8 Å². The molecule has 1 atom stereocenters. The first-order valence-electron chi connectivity index (χ1n) is 10.3. The van der Waals surface area contributed by atoms with E-state index >= 15 is 0 Å². The number of nitrogens with two attached hydrogens (primary N) is 1. The maximum absolute atomic E-state index is 12.4. The number of carbonyl (C=O) groups is 2. The van der Waals surface area contributed by atoms with Gasteiger partial charge in [0.25, 0.3) is 0 Å². The Hall–Kier alpha value is -1.01. The monoisotopic (exact) mass is 400 g/mol. The minimum atomic E-state index is -0.404. The normalized spacial score (nSPS) is 33.1. The van der Waals surface area contributed by atoms with Crippen molar-refractivity contribution < 1.29 is 9.59 Å². The molecule has 0 aliphatic heterocycles. The fourth-order valence-electron chi connectivity index (χ4n) is 5.65. The maximum Gasteiger partial charge on any atom is 0.315 e. The summed E-state index contributed by atoms with van der Waals surface area (Å²) in [5.41, 5.74) is 5.41. The van der Waals surface area contributed by atoms with Crippen LogP contribution in [-0.4, -0.2) is 36.1 Å². The van der Waals surface area contributed by atoms with Crippen LogP contribution in [0.3, 0.4) is 0 Å². The molecule has 4 aliphatic rings. The number of carbonyl (C=O) groups excluding carboxylic acids is 2. The number of rotatable bonds is 7. The molecule has 156 valence electrons. The summed E-state index contributed by atoms with van der Waals surface area (Å²) in [7, 11) is 0. The summed E-state index contributed by atoms with van der Waals surface area (Å²) < 4.78 is 0. The first-order chi connectivity index (χ1) is 12.2. The van der Waals surface area contributed by atoms with Crippen LogP contribution in [-0.2, 0) is 4.79 Å². The van der Waals surface area contributed by atoms with Crippen LogP contribution in [0.25, 0.3) is 0 Å². The molecular weight excluding hydrogens is 364 g/mol. The van der Waals surface area contributed by atoms with E-state index in [9.17, 15) is 9.59 Å². The standard InChI is InChI=1S/C20H36N4O2.ClH/c1-13(2)19(3,12-21)23-17(25)4-5-22-18(26)24-20-9-14-6-15(10-20)8-16(7-14)11-20;/h13-16H,4-12,21H2,1-3H3,(H,23,25)(H2,22,24,26);1H. The Labute approximate surface area is 169 Å². The molecule has 0 heterocycles. The third-order valence-corrected chi connectivity index (χ3v) is 7.18. The van der Waals surface area contributed by atoms with Gasteiger partial charge in [0.15, 0.2) is 0 Å². The molecule has 6 nitrogen and oxygen atoms in total. The number of hydrogen-bond acceptors (Lipinski definition) is 3. The van der Waals surface area contributed by atoms with Crippen molar-refractivity contribution in [2.24, 2.45) is 29.4 Å². The van der Waals surface area contributed by atoms with E-state index in [-0.39, 0.29) is 42.2 Å². The molecule has 4 saturated carbocycles. The summed E-state index contributed by atoms with van der Waals surface area (Å²) in [5, 5.41) is 9.16. The molecule has 4 bridgehead atoms. The van der Waals surface area contributed by atoms with E-state index in [1.165, 1.54) is 19.3 Å². The van der Waals surface area contributed by atoms with Crippen LogP contribution in [0.5, 0.6) is 0 Å². The van der Waals surface area contributed by atoms with Crippen LogP contribution < -0.4 is 21.7 Å². The SMILES string of the molecule is CC(C)C(C)(CN)NC(=O)CCNC(=O)NC12CC3CC(CC(C3)C1)C2.Cl. The highest BCUT2D eigenvalue weighted by Gasteiger charge is 2.51. The topological polar surface area (TPSA) is 96.2 Å².